The molecule has 1 fully saturated rings. The van der Waals surface area contributed by atoms with Gasteiger partial charge in [-0.2, -0.15) is 8.78 Å². The number of hydrogen-bond acceptors (Lipinski definition) is 3. The van der Waals surface area contributed by atoms with E-state index in [1.807, 2.05) is 0 Å². The molecule has 2 rings (SSSR count). The molecule has 140 valence electrons. The van der Waals surface area contributed by atoms with E-state index in [2.05, 4.69) is 11.7 Å². The van der Waals surface area contributed by atoms with E-state index in [-0.39, 0.29) is 11.7 Å². The van der Waals surface area contributed by atoms with Gasteiger partial charge in [0, 0.05) is 6.42 Å². The van der Waals surface area contributed by atoms with Crippen molar-refractivity contribution in [3.8, 4) is 11.5 Å². The van der Waals surface area contributed by atoms with E-state index in [0.717, 1.165) is 12.3 Å². The van der Waals surface area contributed by atoms with Gasteiger partial charge in [0.15, 0.2) is 0 Å². The molecule has 5 heteroatoms. The highest BCUT2D eigenvalue weighted by molar-refractivity contribution is 5.72. The fraction of sp³-hybridized carbons (Fsp3) is 0.650. The van der Waals surface area contributed by atoms with Gasteiger partial charge in [-0.3, -0.25) is 4.79 Å². The van der Waals surface area contributed by atoms with Crippen LogP contribution in [0.5, 0.6) is 11.5 Å². The fourth-order valence-electron chi connectivity index (χ4n) is 3.50. The van der Waals surface area contributed by atoms with Crippen molar-refractivity contribution in [1.29, 1.82) is 0 Å². The maximum atomic E-state index is 12.1. The summed E-state index contributed by atoms with van der Waals surface area (Å²) in [5.74, 6) is 1.63. The molecule has 0 radical (unpaired) electrons. The lowest BCUT2D eigenvalue weighted by Gasteiger charge is -2.28. The van der Waals surface area contributed by atoms with Crippen molar-refractivity contribution in [3.05, 3.63) is 24.3 Å². The molecule has 1 aliphatic rings. The number of hydrogen-bond donors (Lipinski definition) is 0. The van der Waals surface area contributed by atoms with Crippen molar-refractivity contribution in [2.45, 2.75) is 71.3 Å². The molecule has 0 unspecified atom stereocenters. The Morgan fingerprint density at radius 2 is 1.60 bits per heavy atom. The van der Waals surface area contributed by atoms with E-state index in [1.165, 1.54) is 69.2 Å². The number of halogens is 2. The second kappa shape index (κ2) is 10.4. The predicted octanol–water partition coefficient (Wildman–Crippen LogP) is 5.97. The van der Waals surface area contributed by atoms with Crippen LogP contribution in [0.15, 0.2) is 24.3 Å². The highest BCUT2D eigenvalue weighted by atomic mass is 19.3. The second-order valence-corrected chi connectivity index (χ2v) is 6.89. The predicted molar refractivity (Wildman–Crippen MR) is 92.9 cm³/mol. The highest BCUT2D eigenvalue weighted by Crippen LogP contribution is 2.34. The standard InChI is InChI=1S/C20H28F2O3/c1-2-3-4-15-5-7-16(8-6-15)9-14-19(23)24-17-10-12-18(13-11-17)25-20(21)22/h10-13,15-16,20H,2-9,14H2,1H3/t15-,16-. The molecule has 0 aromatic heterocycles. The fourth-order valence-corrected chi connectivity index (χ4v) is 3.50. The summed E-state index contributed by atoms with van der Waals surface area (Å²) >= 11 is 0. The van der Waals surface area contributed by atoms with Crippen LogP contribution in [0.4, 0.5) is 8.78 Å². The van der Waals surface area contributed by atoms with Crippen molar-refractivity contribution in [1.82, 2.24) is 0 Å². The van der Waals surface area contributed by atoms with Crippen molar-refractivity contribution in [2.24, 2.45) is 11.8 Å². The normalized spacial score (nSPS) is 20.5. The van der Waals surface area contributed by atoms with E-state index < -0.39 is 6.61 Å². The molecule has 0 spiro atoms. The van der Waals surface area contributed by atoms with E-state index in [1.54, 1.807) is 0 Å². The Morgan fingerprint density at radius 3 is 2.16 bits per heavy atom. The summed E-state index contributed by atoms with van der Waals surface area (Å²) < 4.78 is 33.7. The van der Waals surface area contributed by atoms with Crippen molar-refractivity contribution < 1.29 is 23.0 Å². The molecule has 0 amide bonds. The summed E-state index contributed by atoms with van der Waals surface area (Å²) in [4.78, 5) is 12.0. The average Bonchev–Trinajstić information content (AvgIpc) is 2.60. The molecule has 0 N–H and O–H groups in total. The largest absolute Gasteiger partial charge is 0.435 e. The zero-order chi connectivity index (χ0) is 18.1. The van der Waals surface area contributed by atoms with Crippen molar-refractivity contribution >= 4 is 5.97 Å². The highest BCUT2D eigenvalue weighted by Gasteiger charge is 2.21. The molecule has 3 nitrogen and oxygen atoms in total. The van der Waals surface area contributed by atoms with Gasteiger partial charge in [0.2, 0.25) is 0 Å². The number of rotatable bonds is 9. The molecule has 0 aliphatic heterocycles. The lowest BCUT2D eigenvalue weighted by Crippen LogP contribution is -2.17. The quantitative estimate of drug-likeness (QED) is 0.405. The second-order valence-electron chi connectivity index (χ2n) is 6.89. The molecule has 1 aliphatic carbocycles. The van der Waals surface area contributed by atoms with Crippen molar-refractivity contribution in [3.63, 3.8) is 0 Å². The van der Waals surface area contributed by atoms with E-state index in [0.29, 0.717) is 18.1 Å². The molecule has 1 aromatic rings. The molecule has 1 saturated carbocycles. The molecule has 0 heterocycles. The lowest BCUT2D eigenvalue weighted by molar-refractivity contribution is -0.134. The molecule has 1 aromatic carbocycles. The van der Waals surface area contributed by atoms with Gasteiger partial charge in [0.05, 0.1) is 0 Å². The summed E-state index contributed by atoms with van der Waals surface area (Å²) in [7, 11) is 0. The molecule has 25 heavy (non-hydrogen) atoms. The van der Waals surface area contributed by atoms with Crippen molar-refractivity contribution in [2.75, 3.05) is 0 Å². The van der Waals surface area contributed by atoms with Gasteiger partial charge in [0.25, 0.3) is 0 Å². The monoisotopic (exact) mass is 354 g/mol. The minimum absolute atomic E-state index is 0.0506. The Bertz CT molecular complexity index is 508. The Kier molecular flexibility index (Phi) is 8.16. The van der Waals surface area contributed by atoms with Crippen LogP contribution in [0.1, 0.15) is 64.7 Å². The van der Waals surface area contributed by atoms with Gasteiger partial charge in [-0.1, -0.05) is 51.9 Å². The van der Waals surface area contributed by atoms with Crippen LogP contribution in [0.2, 0.25) is 0 Å². The van der Waals surface area contributed by atoms with Gasteiger partial charge in [-0.15, -0.1) is 0 Å². The number of unbranched alkanes of at least 4 members (excludes halogenated alkanes) is 1. The smallest absolute Gasteiger partial charge is 0.387 e. The SMILES string of the molecule is CCCC[C@H]1CC[C@H](CCC(=O)Oc2ccc(OC(F)F)cc2)CC1. The number of carbonyl (C=O) groups is 1. The number of ether oxygens (including phenoxy) is 2. The first-order chi connectivity index (χ1) is 12.1. The first kappa shape index (κ1) is 19.7. The zero-order valence-corrected chi connectivity index (χ0v) is 14.9. The first-order valence-corrected chi connectivity index (χ1v) is 9.32. The van der Waals surface area contributed by atoms with Gasteiger partial charge in [-0.25, -0.2) is 0 Å². The number of carbonyl (C=O) groups excluding carboxylic acids is 1. The number of benzene rings is 1. The van der Waals surface area contributed by atoms with E-state index in [4.69, 9.17) is 4.74 Å². The molecule has 0 saturated heterocycles. The van der Waals surface area contributed by atoms with Crippen LogP contribution in [0.25, 0.3) is 0 Å². The summed E-state index contributed by atoms with van der Waals surface area (Å²) in [6.45, 7) is -0.623. The third kappa shape index (κ3) is 7.41. The minimum Gasteiger partial charge on any atom is -0.435 e. The Labute approximate surface area is 148 Å². The molecule has 0 bridgehead atoms. The Morgan fingerprint density at radius 1 is 1.04 bits per heavy atom. The first-order valence-electron chi connectivity index (χ1n) is 9.32. The molecular formula is C20H28F2O3. The Balaban J connectivity index is 1.66. The summed E-state index contributed by atoms with van der Waals surface area (Å²) in [6.07, 6.45) is 10.2. The Hall–Kier alpha value is -1.65. The van der Waals surface area contributed by atoms with Gasteiger partial charge in [-0.05, 0) is 42.5 Å². The van der Waals surface area contributed by atoms with Crippen LogP contribution < -0.4 is 9.47 Å². The third-order valence-electron chi connectivity index (χ3n) is 4.97. The zero-order valence-electron chi connectivity index (χ0n) is 14.9. The topological polar surface area (TPSA) is 35.5 Å². The molecular weight excluding hydrogens is 326 g/mol. The van der Waals surface area contributed by atoms with Crippen LogP contribution in [0.3, 0.4) is 0 Å². The van der Waals surface area contributed by atoms with E-state index >= 15 is 0 Å². The average molecular weight is 354 g/mol. The minimum atomic E-state index is -2.86. The van der Waals surface area contributed by atoms with Crippen LogP contribution in [-0.2, 0) is 4.79 Å². The summed E-state index contributed by atoms with van der Waals surface area (Å²) in [5, 5.41) is 0. The number of alkyl halides is 2. The third-order valence-corrected chi connectivity index (χ3v) is 4.97. The van der Waals surface area contributed by atoms with Crippen LogP contribution >= 0.6 is 0 Å². The van der Waals surface area contributed by atoms with Gasteiger partial charge >= 0.3 is 12.6 Å². The van der Waals surface area contributed by atoms with E-state index in [9.17, 15) is 13.6 Å². The van der Waals surface area contributed by atoms with Crippen LogP contribution in [0, 0.1) is 11.8 Å². The lowest BCUT2D eigenvalue weighted by atomic mass is 9.78. The maximum absolute atomic E-state index is 12.1. The van der Waals surface area contributed by atoms with Gasteiger partial charge in [0.1, 0.15) is 11.5 Å². The van der Waals surface area contributed by atoms with Crippen LogP contribution in [-0.4, -0.2) is 12.6 Å². The number of esters is 1. The summed E-state index contributed by atoms with van der Waals surface area (Å²) in [5.41, 5.74) is 0. The summed E-state index contributed by atoms with van der Waals surface area (Å²) in [6, 6.07) is 5.67. The molecule has 0 atom stereocenters. The van der Waals surface area contributed by atoms with Gasteiger partial charge < -0.3 is 9.47 Å². The maximum Gasteiger partial charge on any atom is 0.387 e.